The van der Waals surface area contributed by atoms with Crippen LogP contribution in [0.4, 0.5) is 5.69 Å². The van der Waals surface area contributed by atoms with E-state index in [0.717, 1.165) is 0 Å². The molecule has 0 aliphatic heterocycles. The normalized spacial score (nSPS) is 12.3. The number of fused-ring (bicyclic) bond motifs is 1. The van der Waals surface area contributed by atoms with Crippen molar-refractivity contribution in [2.75, 3.05) is 11.9 Å². The van der Waals surface area contributed by atoms with Gasteiger partial charge in [-0.3, -0.25) is 9.59 Å². The molecule has 1 amide bonds. The highest BCUT2D eigenvalue weighted by molar-refractivity contribution is 6.05. The van der Waals surface area contributed by atoms with Crippen molar-refractivity contribution in [2.24, 2.45) is 5.92 Å². The molecule has 0 saturated carbocycles. The number of hydrogen-bond acceptors (Lipinski definition) is 4. The van der Waals surface area contributed by atoms with Gasteiger partial charge in [0.15, 0.2) is 12.0 Å². The van der Waals surface area contributed by atoms with Gasteiger partial charge in [0, 0.05) is 18.8 Å². The SMILES string of the molecule is CCC(C(=O)O)C(=O)N(C)c1ccc2ncoc2c1. The standard InChI is InChI=1S/C13H14N2O4/c1-3-9(13(17)18)12(16)15(2)8-4-5-10-11(6-8)19-7-14-10/h4-7,9H,3H2,1-2H3,(H,17,18). The van der Waals surface area contributed by atoms with Crippen molar-refractivity contribution in [3.05, 3.63) is 24.6 Å². The second-order valence-corrected chi connectivity index (χ2v) is 4.20. The van der Waals surface area contributed by atoms with Gasteiger partial charge in [-0.05, 0) is 18.6 Å². The fraction of sp³-hybridized carbons (Fsp3) is 0.308. The molecule has 0 fully saturated rings. The predicted molar refractivity (Wildman–Crippen MR) is 68.8 cm³/mol. The third-order valence-electron chi connectivity index (χ3n) is 3.04. The lowest BCUT2D eigenvalue weighted by Gasteiger charge is -2.20. The van der Waals surface area contributed by atoms with E-state index in [0.29, 0.717) is 16.8 Å². The van der Waals surface area contributed by atoms with Gasteiger partial charge in [0.1, 0.15) is 11.4 Å². The van der Waals surface area contributed by atoms with Crippen LogP contribution in [-0.2, 0) is 9.59 Å². The summed E-state index contributed by atoms with van der Waals surface area (Å²) in [6.07, 6.45) is 1.57. The number of carbonyl (C=O) groups excluding carboxylic acids is 1. The number of anilines is 1. The highest BCUT2D eigenvalue weighted by Gasteiger charge is 2.27. The quantitative estimate of drug-likeness (QED) is 0.851. The number of carboxylic acids is 1. The molecule has 2 aromatic rings. The first-order chi connectivity index (χ1) is 9.04. The van der Waals surface area contributed by atoms with Crippen LogP contribution in [0.3, 0.4) is 0 Å². The summed E-state index contributed by atoms with van der Waals surface area (Å²) >= 11 is 0. The molecule has 1 N–H and O–H groups in total. The summed E-state index contributed by atoms with van der Waals surface area (Å²) in [5.41, 5.74) is 1.82. The van der Waals surface area contributed by atoms with E-state index in [9.17, 15) is 9.59 Å². The summed E-state index contributed by atoms with van der Waals surface area (Å²) in [6, 6.07) is 5.09. The molecule has 2 rings (SSSR count). The molecule has 1 heterocycles. The Bertz CT molecular complexity index is 620. The molecule has 0 radical (unpaired) electrons. The third kappa shape index (κ3) is 2.42. The fourth-order valence-corrected chi connectivity index (χ4v) is 1.87. The molecule has 6 nitrogen and oxygen atoms in total. The molecule has 19 heavy (non-hydrogen) atoms. The Morgan fingerprint density at radius 3 is 2.84 bits per heavy atom. The van der Waals surface area contributed by atoms with E-state index >= 15 is 0 Å². The molecule has 1 aromatic heterocycles. The summed E-state index contributed by atoms with van der Waals surface area (Å²) in [7, 11) is 1.55. The van der Waals surface area contributed by atoms with Crippen molar-refractivity contribution in [1.29, 1.82) is 0 Å². The van der Waals surface area contributed by atoms with Gasteiger partial charge in [-0.2, -0.15) is 0 Å². The molecule has 1 atom stereocenters. The number of amides is 1. The van der Waals surface area contributed by atoms with Gasteiger partial charge < -0.3 is 14.4 Å². The van der Waals surface area contributed by atoms with Crippen molar-refractivity contribution in [3.63, 3.8) is 0 Å². The molecule has 0 aliphatic carbocycles. The number of carbonyl (C=O) groups is 2. The average Bonchev–Trinajstić information content (AvgIpc) is 2.85. The van der Waals surface area contributed by atoms with Crippen molar-refractivity contribution < 1.29 is 19.1 Å². The zero-order valence-electron chi connectivity index (χ0n) is 10.7. The first-order valence-corrected chi connectivity index (χ1v) is 5.88. The van der Waals surface area contributed by atoms with E-state index in [4.69, 9.17) is 9.52 Å². The molecule has 1 unspecified atom stereocenters. The molecule has 1 aromatic carbocycles. The van der Waals surface area contributed by atoms with E-state index in [1.54, 1.807) is 32.2 Å². The lowest BCUT2D eigenvalue weighted by molar-refractivity contribution is -0.146. The molecule has 6 heteroatoms. The summed E-state index contributed by atoms with van der Waals surface area (Å²) < 4.78 is 5.16. The Morgan fingerprint density at radius 2 is 2.21 bits per heavy atom. The van der Waals surface area contributed by atoms with Crippen LogP contribution in [0.2, 0.25) is 0 Å². The Balaban J connectivity index is 2.29. The summed E-state index contributed by atoms with van der Waals surface area (Å²) in [5, 5.41) is 9.00. The first-order valence-electron chi connectivity index (χ1n) is 5.88. The molecular formula is C13H14N2O4. The van der Waals surface area contributed by atoms with Gasteiger partial charge in [0.2, 0.25) is 5.91 Å². The minimum Gasteiger partial charge on any atom is -0.481 e. The third-order valence-corrected chi connectivity index (χ3v) is 3.04. The second-order valence-electron chi connectivity index (χ2n) is 4.20. The van der Waals surface area contributed by atoms with Crippen LogP contribution >= 0.6 is 0 Å². The van der Waals surface area contributed by atoms with Crippen molar-refractivity contribution in [3.8, 4) is 0 Å². The van der Waals surface area contributed by atoms with Crippen molar-refractivity contribution >= 4 is 28.7 Å². The predicted octanol–water partition coefficient (Wildman–Crippen LogP) is 1.90. The van der Waals surface area contributed by atoms with Gasteiger partial charge in [-0.1, -0.05) is 6.92 Å². The Hall–Kier alpha value is -2.37. The maximum atomic E-state index is 12.1. The van der Waals surface area contributed by atoms with Crippen LogP contribution in [-0.4, -0.2) is 29.0 Å². The number of oxazole rings is 1. The highest BCUT2D eigenvalue weighted by atomic mass is 16.4. The molecular weight excluding hydrogens is 248 g/mol. The van der Waals surface area contributed by atoms with E-state index in [2.05, 4.69) is 4.98 Å². The lowest BCUT2D eigenvalue weighted by atomic mass is 10.1. The van der Waals surface area contributed by atoms with Gasteiger partial charge in [0.25, 0.3) is 0 Å². The fourth-order valence-electron chi connectivity index (χ4n) is 1.87. The second kappa shape index (κ2) is 5.09. The molecule has 0 bridgehead atoms. The number of hydrogen-bond donors (Lipinski definition) is 1. The van der Waals surface area contributed by atoms with E-state index < -0.39 is 17.8 Å². The zero-order chi connectivity index (χ0) is 14.0. The number of aromatic nitrogens is 1. The summed E-state index contributed by atoms with van der Waals surface area (Å²) in [4.78, 5) is 28.4. The summed E-state index contributed by atoms with van der Waals surface area (Å²) in [6.45, 7) is 1.67. The van der Waals surface area contributed by atoms with Crippen molar-refractivity contribution in [1.82, 2.24) is 4.98 Å². The van der Waals surface area contributed by atoms with Gasteiger partial charge in [-0.15, -0.1) is 0 Å². The minimum atomic E-state index is -1.11. The van der Waals surface area contributed by atoms with Crippen LogP contribution < -0.4 is 4.90 Å². The Labute approximate surface area is 109 Å². The topological polar surface area (TPSA) is 83.6 Å². The Morgan fingerprint density at radius 1 is 1.47 bits per heavy atom. The molecule has 0 spiro atoms. The molecule has 0 aliphatic rings. The maximum Gasteiger partial charge on any atom is 0.316 e. The maximum absolute atomic E-state index is 12.1. The lowest BCUT2D eigenvalue weighted by Crippen LogP contribution is -2.36. The highest BCUT2D eigenvalue weighted by Crippen LogP contribution is 2.22. The number of carboxylic acid groups (broad SMARTS) is 1. The van der Waals surface area contributed by atoms with Crippen LogP contribution in [0.5, 0.6) is 0 Å². The molecule has 100 valence electrons. The number of rotatable bonds is 4. The molecule has 0 saturated heterocycles. The van der Waals surface area contributed by atoms with Crippen LogP contribution in [0, 0.1) is 5.92 Å². The van der Waals surface area contributed by atoms with Crippen molar-refractivity contribution in [2.45, 2.75) is 13.3 Å². The van der Waals surface area contributed by atoms with Crippen LogP contribution in [0.1, 0.15) is 13.3 Å². The van der Waals surface area contributed by atoms with E-state index in [1.807, 2.05) is 0 Å². The van der Waals surface area contributed by atoms with Gasteiger partial charge >= 0.3 is 5.97 Å². The number of benzene rings is 1. The van der Waals surface area contributed by atoms with Crippen LogP contribution in [0.25, 0.3) is 11.1 Å². The van der Waals surface area contributed by atoms with Gasteiger partial charge in [-0.25, -0.2) is 4.98 Å². The van der Waals surface area contributed by atoms with E-state index in [1.165, 1.54) is 11.3 Å². The number of aliphatic carboxylic acids is 1. The largest absolute Gasteiger partial charge is 0.481 e. The smallest absolute Gasteiger partial charge is 0.316 e. The van der Waals surface area contributed by atoms with Crippen LogP contribution in [0.15, 0.2) is 29.0 Å². The monoisotopic (exact) mass is 262 g/mol. The zero-order valence-corrected chi connectivity index (χ0v) is 10.7. The average molecular weight is 262 g/mol. The first kappa shape index (κ1) is 13.1. The Kier molecular flexibility index (Phi) is 3.50. The minimum absolute atomic E-state index is 0.253. The number of nitrogens with zero attached hydrogens (tertiary/aromatic N) is 2. The summed E-state index contributed by atoms with van der Waals surface area (Å²) in [5.74, 6) is -2.59. The van der Waals surface area contributed by atoms with Gasteiger partial charge in [0.05, 0.1) is 0 Å². The van der Waals surface area contributed by atoms with E-state index in [-0.39, 0.29) is 6.42 Å².